The van der Waals surface area contributed by atoms with Crippen molar-refractivity contribution < 1.29 is 13.2 Å². The van der Waals surface area contributed by atoms with Crippen LogP contribution in [0.5, 0.6) is 0 Å². The van der Waals surface area contributed by atoms with E-state index in [0.29, 0.717) is 36.9 Å². The fourth-order valence-corrected chi connectivity index (χ4v) is 2.85. The highest BCUT2D eigenvalue weighted by molar-refractivity contribution is 5.87. The first-order chi connectivity index (χ1) is 10.8. The third-order valence-electron chi connectivity index (χ3n) is 3.94. The maximum absolute atomic E-state index is 12.6. The van der Waals surface area contributed by atoms with Crippen LogP contribution in [0.2, 0.25) is 0 Å². The average molecular weight is 326 g/mol. The second kappa shape index (κ2) is 5.80. The minimum Gasteiger partial charge on any atom is -0.384 e. The van der Waals surface area contributed by atoms with E-state index in [0.717, 1.165) is 5.39 Å². The Hall–Kier alpha value is -2.16. The van der Waals surface area contributed by atoms with E-state index in [1.807, 2.05) is 4.90 Å². The first-order valence-corrected chi connectivity index (χ1v) is 7.26. The lowest BCUT2D eigenvalue weighted by molar-refractivity contribution is -0.150. The Morgan fingerprint density at radius 1 is 1.26 bits per heavy atom. The Morgan fingerprint density at radius 3 is 2.74 bits per heavy atom. The molecule has 0 saturated carbocycles. The summed E-state index contributed by atoms with van der Waals surface area (Å²) in [6, 6.07) is 3.23. The van der Waals surface area contributed by atoms with Crippen molar-refractivity contribution in [3.63, 3.8) is 0 Å². The molecule has 0 bridgehead atoms. The van der Waals surface area contributed by atoms with Crippen molar-refractivity contribution in [2.24, 2.45) is 0 Å². The molecule has 0 amide bonds. The lowest BCUT2D eigenvalue weighted by Crippen LogP contribution is -2.54. The van der Waals surface area contributed by atoms with Crippen molar-refractivity contribution in [2.75, 3.05) is 36.8 Å². The third-order valence-corrected chi connectivity index (χ3v) is 3.94. The Balaban J connectivity index is 1.82. The number of hydrogen-bond donors (Lipinski definition) is 1. The third kappa shape index (κ3) is 3.44. The predicted octanol–water partition coefficient (Wildman–Crippen LogP) is 1.68. The molecule has 2 N–H and O–H groups in total. The van der Waals surface area contributed by atoms with Crippen molar-refractivity contribution in [3.8, 4) is 0 Å². The van der Waals surface area contributed by atoms with Crippen molar-refractivity contribution in [1.82, 2.24) is 19.9 Å². The van der Waals surface area contributed by atoms with Crippen LogP contribution in [0.1, 0.15) is 6.92 Å². The van der Waals surface area contributed by atoms with Crippen molar-refractivity contribution in [3.05, 3.63) is 18.5 Å². The number of hydrogen-bond acceptors (Lipinski definition) is 6. The van der Waals surface area contributed by atoms with Crippen LogP contribution in [0, 0.1) is 0 Å². The maximum atomic E-state index is 12.6. The molecule has 1 fully saturated rings. The fourth-order valence-electron chi connectivity index (χ4n) is 2.85. The second-order valence-electron chi connectivity index (χ2n) is 5.69. The van der Waals surface area contributed by atoms with Gasteiger partial charge in [-0.3, -0.25) is 4.90 Å². The number of nitrogens with two attached hydrogens (primary N) is 1. The molecule has 2 aromatic rings. The Kier molecular flexibility index (Phi) is 3.97. The lowest BCUT2D eigenvalue weighted by atomic mass is 10.1. The molecule has 3 rings (SSSR count). The molecule has 0 aliphatic carbocycles. The number of piperazine rings is 1. The molecule has 124 valence electrons. The predicted molar refractivity (Wildman–Crippen MR) is 81.0 cm³/mol. The van der Waals surface area contributed by atoms with Gasteiger partial charge in [-0.15, -0.1) is 0 Å². The molecule has 1 unspecified atom stereocenters. The van der Waals surface area contributed by atoms with Crippen LogP contribution in [0.4, 0.5) is 24.8 Å². The molecule has 6 nitrogen and oxygen atoms in total. The zero-order valence-corrected chi connectivity index (χ0v) is 12.6. The van der Waals surface area contributed by atoms with Crippen LogP contribution in [0.25, 0.3) is 11.0 Å². The van der Waals surface area contributed by atoms with Crippen molar-refractivity contribution >= 4 is 22.7 Å². The van der Waals surface area contributed by atoms with Crippen LogP contribution < -0.4 is 10.6 Å². The average Bonchev–Trinajstić information content (AvgIpc) is 2.47. The maximum Gasteiger partial charge on any atom is 0.401 e. The molecule has 1 aliphatic heterocycles. The highest BCUT2D eigenvalue weighted by Crippen LogP contribution is 2.26. The number of nitrogen functional groups attached to an aromatic ring is 1. The lowest BCUT2D eigenvalue weighted by Gasteiger charge is -2.40. The fraction of sp³-hybridized carbons (Fsp3) is 0.500. The van der Waals surface area contributed by atoms with E-state index in [9.17, 15) is 13.2 Å². The van der Waals surface area contributed by atoms with Gasteiger partial charge in [-0.1, -0.05) is 0 Å². The summed E-state index contributed by atoms with van der Waals surface area (Å²) in [6.45, 7) is 2.17. The second-order valence-corrected chi connectivity index (χ2v) is 5.69. The molecule has 1 aliphatic rings. The minimum absolute atomic E-state index is 0.225. The van der Waals surface area contributed by atoms with Gasteiger partial charge in [-0.05, 0) is 19.1 Å². The first-order valence-electron chi connectivity index (χ1n) is 7.26. The Bertz CT molecular complexity index is 704. The summed E-state index contributed by atoms with van der Waals surface area (Å²) in [5.74, 6) is 1.05. The smallest absolute Gasteiger partial charge is 0.384 e. The Morgan fingerprint density at radius 2 is 2.04 bits per heavy atom. The van der Waals surface area contributed by atoms with Crippen molar-refractivity contribution in [2.45, 2.75) is 19.1 Å². The molecule has 2 aromatic heterocycles. The van der Waals surface area contributed by atoms with Crippen LogP contribution >= 0.6 is 0 Å². The van der Waals surface area contributed by atoms with E-state index in [-0.39, 0.29) is 6.04 Å². The summed E-state index contributed by atoms with van der Waals surface area (Å²) >= 11 is 0. The number of halogens is 3. The molecule has 9 heteroatoms. The first kappa shape index (κ1) is 15.7. The minimum atomic E-state index is -4.18. The molecule has 0 aromatic carbocycles. The van der Waals surface area contributed by atoms with Gasteiger partial charge in [0.25, 0.3) is 0 Å². The van der Waals surface area contributed by atoms with Crippen molar-refractivity contribution in [1.29, 1.82) is 0 Å². The van der Waals surface area contributed by atoms with E-state index < -0.39 is 12.7 Å². The standard InChI is InChI=1S/C14H17F3N6/c1-9-6-22(4-5-23(9)7-14(15,16)17)13-10-2-3-11(18)21-12(10)19-8-20-13/h2-3,8-9H,4-7H2,1H3,(H2,18,19,20,21). The zero-order chi connectivity index (χ0) is 16.6. The van der Waals surface area contributed by atoms with E-state index in [4.69, 9.17) is 5.73 Å². The number of pyridine rings is 1. The topological polar surface area (TPSA) is 71.2 Å². The summed E-state index contributed by atoms with van der Waals surface area (Å²) in [5, 5.41) is 0.748. The monoisotopic (exact) mass is 326 g/mol. The van der Waals surface area contributed by atoms with Crippen LogP contribution in [0.3, 0.4) is 0 Å². The number of anilines is 2. The van der Waals surface area contributed by atoms with E-state index in [1.165, 1.54) is 11.2 Å². The van der Waals surface area contributed by atoms with Gasteiger partial charge in [0.1, 0.15) is 18.0 Å². The van der Waals surface area contributed by atoms with Gasteiger partial charge in [-0.25, -0.2) is 15.0 Å². The Labute approximate surface area is 131 Å². The molecule has 1 saturated heterocycles. The highest BCUT2D eigenvalue weighted by atomic mass is 19.4. The quantitative estimate of drug-likeness (QED) is 0.905. The summed E-state index contributed by atoms with van der Waals surface area (Å²) in [5.41, 5.74) is 6.14. The molecule has 1 atom stereocenters. The molecule has 3 heterocycles. The van der Waals surface area contributed by atoms with Crippen LogP contribution in [-0.4, -0.2) is 58.2 Å². The largest absolute Gasteiger partial charge is 0.401 e. The number of nitrogens with zero attached hydrogens (tertiary/aromatic N) is 5. The van der Waals surface area contributed by atoms with E-state index >= 15 is 0 Å². The summed E-state index contributed by atoms with van der Waals surface area (Å²) < 4.78 is 37.8. The van der Waals surface area contributed by atoms with Gasteiger partial charge in [0.2, 0.25) is 0 Å². The molecule has 0 radical (unpaired) electrons. The van der Waals surface area contributed by atoms with Gasteiger partial charge in [0.15, 0.2) is 5.65 Å². The SMILES string of the molecule is CC1CN(c2ncnc3nc(N)ccc23)CCN1CC(F)(F)F. The summed E-state index contributed by atoms with van der Waals surface area (Å²) in [7, 11) is 0. The van der Waals surface area contributed by atoms with E-state index in [1.54, 1.807) is 19.1 Å². The number of fused-ring (bicyclic) bond motifs is 1. The van der Waals surface area contributed by atoms with E-state index in [2.05, 4.69) is 15.0 Å². The van der Waals surface area contributed by atoms with Gasteiger partial charge in [0, 0.05) is 25.7 Å². The van der Waals surface area contributed by atoms with Gasteiger partial charge < -0.3 is 10.6 Å². The molecular weight excluding hydrogens is 309 g/mol. The normalized spacial score (nSPS) is 20.2. The highest BCUT2D eigenvalue weighted by Gasteiger charge is 2.35. The molecule has 0 spiro atoms. The summed E-state index contributed by atoms with van der Waals surface area (Å²) in [4.78, 5) is 15.9. The summed E-state index contributed by atoms with van der Waals surface area (Å²) in [6.07, 6.45) is -2.78. The van der Waals surface area contributed by atoms with Gasteiger partial charge in [-0.2, -0.15) is 13.2 Å². The van der Waals surface area contributed by atoms with Crippen LogP contribution in [0.15, 0.2) is 18.5 Å². The number of alkyl halides is 3. The number of aromatic nitrogens is 3. The zero-order valence-electron chi connectivity index (χ0n) is 12.6. The van der Waals surface area contributed by atoms with Crippen LogP contribution in [-0.2, 0) is 0 Å². The van der Waals surface area contributed by atoms with Gasteiger partial charge >= 0.3 is 6.18 Å². The number of rotatable bonds is 2. The van der Waals surface area contributed by atoms with Gasteiger partial charge in [0.05, 0.1) is 11.9 Å². The molecular formula is C14H17F3N6. The molecule has 23 heavy (non-hydrogen) atoms.